The summed E-state index contributed by atoms with van der Waals surface area (Å²) in [7, 11) is 0. The van der Waals surface area contributed by atoms with E-state index in [1.165, 1.54) is 30.5 Å². The molecular weight excluding hydrogens is 460 g/mol. The number of amides is 1. The standard InChI is InChI=1S/C28H33BrN2O/c1-2-27(23-10-5-3-6-11-23)28(32)31(25-12-7-4-8-13-25)21-26-14-9-19-30(26)20-22-15-17-24(29)18-16-22/h3,5-6,9-11,14-19,25,27H,2,4,7-8,12-13,20-21H2,1H3. The fourth-order valence-corrected chi connectivity index (χ4v) is 5.19. The lowest BCUT2D eigenvalue weighted by Gasteiger charge is -2.37. The Hall–Kier alpha value is -2.33. The molecule has 0 bridgehead atoms. The third-order valence-corrected chi connectivity index (χ3v) is 7.26. The predicted octanol–water partition coefficient (Wildman–Crippen LogP) is 7.15. The van der Waals surface area contributed by atoms with Gasteiger partial charge < -0.3 is 9.47 Å². The van der Waals surface area contributed by atoms with E-state index in [2.05, 4.69) is 87.0 Å². The maximum atomic E-state index is 13.9. The molecule has 0 aliphatic heterocycles. The quantitative estimate of drug-likeness (QED) is 0.327. The Morgan fingerprint density at radius 2 is 1.72 bits per heavy atom. The van der Waals surface area contributed by atoms with Crippen LogP contribution in [0.25, 0.3) is 0 Å². The Labute approximate surface area is 200 Å². The van der Waals surface area contributed by atoms with Crippen molar-refractivity contribution in [3.63, 3.8) is 0 Å². The molecule has 168 valence electrons. The number of nitrogens with zero attached hydrogens (tertiary/aromatic N) is 2. The number of halogens is 1. The van der Waals surface area contributed by atoms with Gasteiger partial charge in [0.2, 0.25) is 5.91 Å². The maximum absolute atomic E-state index is 13.9. The van der Waals surface area contributed by atoms with E-state index in [0.717, 1.165) is 35.8 Å². The topological polar surface area (TPSA) is 25.2 Å². The van der Waals surface area contributed by atoms with E-state index in [9.17, 15) is 4.79 Å². The first-order chi connectivity index (χ1) is 15.7. The van der Waals surface area contributed by atoms with Gasteiger partial charge in [0, 0.05) is 29.0 Å². The van der Waals surface area contributed by atoms with Gasteiger partial charge in [0.25, 0.3) is 0 Å². The molecule has 1 aliphatic rings. The molecule has 1 unspecified atom stereocenters. The number of aromatic nitrogens is 1. The number of carbonyl (C=O) groups excluding carboxylic acids is 1. The number of rotatable bonds is 8. The Bertz CT molecular complexity index is 990. The van der Waals surface area contributed by atoms with E-state index in [1.807, 2.05) is 18.2 Å². The van der Waals surface area contributed by atoms with E-state index < -0.39 is 0 Å². The number of hydrogen-bond acceptors (Lipinski definition) is 1. The molecule has 0 spiro atoms. The zero-order valence-corrected chi connectivity index (χ0v) is 20.5. The lowest BCUT2D eigenvalue weighted by atomic mass is 9.90. The van der Waals surface area contributed by atoms with Gasteiger partial charge in [-0.3, -0.25) is 4.79 Å². The van der Waals surface area contributed by atoms with Crippen molar-refractivity contribution < 1.29 is 4.79 Å². The minimum absolute atomic E-state index is 0.0759. The molecule has 1 atom stereocenters. The van der Waals surface area contributed by atoms with E-state index in [-0.39, 0.29) is 11.8 Å². The molecule has 1 aromatic heterocycles. The van der Waals surface area contributed by atoms with Crippen molar-refractivity contribution in [2.45, 2.75) is 70.5 Å². The highest BCUT2D eigenvalue weighted by Gasteiger charge is 2.31. The normalized spacial score (nSPS) is 15.4. The molecule has 4 heteroatoms. The summed E-state index contributed by atoms with van der Waals surface area (Å²) in [6, 6.07) is 23.4. The first-order valence-corrected chi connectivity index (χ1v) is 12.7. The molecule has 0 N–H and O–H groups in total. The number of hydrogen-bond donors (Lipinski definition) is 0. The van der Waals surface area contributed by atoms with Crippen molar-refractivity contribution >= 4 is 21.8 Å². The van der Waals surface area contributed by atoms with E-state index in [4.69, 9.17) is 0 Å². The summed E-state index contributed by atoms with van der Waals surface area (Å²) in [5.41, 5.74) is 3.60. The van der Waals surface area contributed by atoms with E-state index in [1.54, 1.807) is 0 Å². The highest BCUT2D eigenvalue weighted by molar-refractivity contribution is 9.10. The third kappa shape index (κ3) is 5.53. The summed E-state index contributed by atoms with van der Waals surface area (Å²) in [4.78, 5) is 16.1. The van der Waals surface area contributed by atoms with Crippen LogP contribution in [-0.4, -0.2) is 21.4 Å². The van der Waals surface area contributed by atoms with Gasteiger partial charge >= 0.3 is 0 Å². The molecule has 1 saturated carbocycles. The summed E-state index contributed by atoms with van der Waals surface area (Å²) in [5, 5.41) is 0. The van der Waals surface area contributed by atoms with Gasteiger partial charge in [-0.25, -0.2) is 0 Å². The van der Waals surface area contributed by atoms with Gasteiger partial charge in [0.15, 0.2) is 0 Å². The van der Waals surface area contributed by atoms with E-state index in [0.29, 0.717) is 12.6 Å². The van der Waals surface area contributed by atoms with Gasteiger partial charge in [0.1, 0.15) is 0 Å². The van der Waals surface area contributed by atoms with E-state index >= 15 is 0 Å². The molecule has 1 fully saturated rings. The second kappa shape index (κ2) is 11.0. The summed E-state index contributed by atoms with van der Waals surface area (Å²) in [6.45, 7) is 3.62. The van der Waals surface area contributed by atoms with Gasteiger partial charge in [-0.15, -0.1) is 0 Å². The molecule has 0 saturated heterocycles. The van der Waals surface area contributed by atoms with Crippen LogP contribution in [0.2, 0.25) is 0 Å². The minimum Gasteiger partial charge on any atom is -0.345 e. The van der Waals surface area contributed by atoms with Crippen LogP contribution in [0.3, 0.4) is 0 Å². The van der Waals surface area contributed by atoms with Crippen molar-refractivity contribution in [1.82, 2.24) is 9.47 Å². The fourth-order valence-electron chi connectivity index (χ4n) is 4.93. The molecule has 1 aliphatic carbocycles. The van der Waals surface area contributed by atoms with Crippen LogP contribution in [0.4, 0.5) is 0 Å². The second-order valence-corrected chi connectivity index (χ2v) is 9.80. The van der Waals surface area contributed by atoms with Crippen LogP contribution < -0.4 is 0 Å². The van der Waals surface area contributed by atoms with Crippen molar-refractivity contribution in [1.29, 1.82) is 0 Å². The highest BCUT2D eigenvalue weighted by atomic mass is 79.9. The second-order valence-electron chi connectivity index (χ2n) is 8.88. The lowest BCUT2D eigenvalue weighted by molar-refractivity contribution is -0.136. The highest BCUT2D eigenvalue weighted by Crippen LogP contribution is 2.30. The molecule has 4 rings (SSSR count). The van der Waals surface area contributed by atoms with Crippen molar-refractivity contribution in [3.05, 3.63) is 94.2 Å². The van der Waals surface area contributed by atoms with Crippen LogP contribution >= 0.6 is 15.9 Å². The summed E-state index contributed by atoms with van der Waals surface area (Å²) in [5.74, 6) is 0.204. The maximum Gasteiger partial charge on any atom is 0.230 e. The minimum atomic E-state index is -0.0759. The van der Waals surface area contributed by atoms with Crippen molar-refractivity contribution in [2.75, 3.05) is 0 Å². The fraction of sp³-hybridized carbons (Fsp3) is 0.393. The zero-order valence-electron chi connectivity index (χ0n) is 18.9. The summed E-state index contributed by atoms with van der Waals surface area (Å²) < 4.78 is 3.38. The van der Waals surface area contributed by atoms with Crippen LogP contribution in [0.1, 0.15) is 68.2 Å². The molecule has 0 radical (unpaired) electrons. The molecule has 1 amide bonds. The monoisotopic (exact) mass is 492 g/mol. The van der Waals surface area contributed by atoms with Crippen LogP contribution in [0, 0.1) is 0 Å². The van der Waals surface area contributed by atoms with Crippen LogP contribution in [-0.2, 0) is 17.9 Å². The van der Waals surface area contributed by atoms with Gasteiger partial charge in [-0.1, -0.05) is 84.6 Å². The lowest BCUT2D eigenvalue weighted by Crippen LogP contribution is -2.43. The van der Waals surface area contributed by atoms with Gasteiger partial charge in [-0.05, 0) is 54.7 Å². The van der Waals surface area contributed by atoms with Gasteiger partial charge in [0.05, 0.1) is 12.5 Å². The zero-order chi connectivity index (χ0) is 22.3. The molecule has 1 heterocycles. The smallest absolute Gasteiger partial charge is 0.230 e. The molecule has 2 aromatic carbocycles. The Morgan fingerprint density at radius 1 is 1.00 bits per heavy atom. The van der Waals surface area contributed by atoms with Crippen molar-refractivity contribution in [2.24, 2.45) is 0 Å². The van der Waals surface area contributed by atoms with Crippen LogP contribution in [0.15, 0.2) is 77.4 Å². The Kier molecular flexibility index (Phi) is 7.85. The molecule has 3 nitrogen and oxygen atoms in total. The average Bonchev–Trinajstić information content (AvgIpc) is 3.27. The molecule has 32 heavy (non-hydrogen) atoms. The summed E-state index contributed by atoms with van der Waals surface area (Å²) >= 11 is 3.52. The predicted molar refractivity (Wildman–Crippen MR) is 135 cm³/mol. The molecule has 3 aromatic rings. The first kappa shape index (κ1) is 22.8. The third-order valence-electron chi connectivity index (χ3n) is 6.73. The number of benzene rings is 2. The number of carbonyl (C=O) groups is 1. The largest absolute Gasteiger partial charge is 0.345 e. The first-order valence-electron chi connectivity index (χ1n) is 11.9. The molecular formula is C28H33BrN2O. The Balaban J connectivity index is 1.58. The van der Waals surface area contributed by atoms with Gasteiger partial charge in [-0.2, -0.15) is 0 Å². The average molecular weight is 493 g/mol. The Morgan fingerprint density at radius 3 is 2.41 bits per heavy atom. The van der Waals surface area contributed by atoms with Crippen LogP contribution in [0.5, 0.6) is 0 Å². The van der Waals surface area contributed by atoms with Crippen molar-refractivity contribution in [3.8, 4) is 0 Å². The SMILES string of the molecule is CCC(C(=O)N(Cc1cccn1Cc1ccc(Br)cc1)C1CCCCC1)c1ccccc1. The summed E-state index contributed by atoms with van der Waals surface area (Å²) in [6.07, 6.45) is 8.91.